The molecule has 32 heavy (non-hydrogen) atoms. The van der Waals surface area contributed by atoms with E-state index in [1.807, 2.05) is 0 Å². The molecule has 1 atom stereocenters. The van der Waals surface area contributed by atoms with Gasteiger partial charge in [0.05, 0.1) is 29.7 Å². The van der Waals surface area contributed by atoms with E-state index in [9.17, 15) is 26.4 Å². The van der Waals surface area contributed by atoms with Crippen molar-refractivity contribution in [2.75, 3.05) is 26.3 Å². The van der Waals surface area contributed by atoms with Gasteiger partial charge in [0.25, 0.3) is 0 Å². The first-order chi connectivity index (χ1) is 15.1. The molecule has 2 aromatic carbocycles. The fourth-order valence-corrected chi connectivity index (χ4v) is 4.95. The van der Waals surface area contributed by atoms with Crippen LogP contribution >= 0.6 is 0 Å². The Bertz CT molecular complexity index is 1050. The third-order valence-corrected chi connectivity index (χ3v) is 7.06. The summed E-state index contributed by atoms with van der Waals surface area (Å²) in [5, 5.41) is 5.15. The summed E-state index contributed by atoms with van der Waals surface area (Å²) < 4.78 is 71.2. The number of alkyl halides is 3. The summed E-state index contributed by atoms with van der Waals surface area (Å²) in [7, 11) is -3.75. The van der Waals surface area contributed by atoms with Crippen LogP contribution in [0.2, 0.25) is 0 Å². The van der Waals surface area contributed by atoms with Crippen molar-refractivity contribution in [3.05, 3.63) is 65.2 Å². The first kappa shape index (κ1) is 24.0. The van der Waals surface area contributed by atoms with E-state index in [2.05, 4.69) is 10.6 Å². The second-order valence-corrected chi connectivity index (χ2v) is 9.20. The Labute approximate surface area is 184 Å². The quantitative estimate of drug-likeness (QED) is 0.677. The van der Waals surface area contributed by atoms with Crippen LogP contribution in [-0.4, -0.2) is 45.1 Å². The molecule has 3 rings (SSSR count). The Kier molecular flexibility index (Phi) is 7.42. The molecule has 0 aliphatic carbocycles. The number of halogens is 3. The maximum atomic E-state index is 13.0. The van der Waals surface area contributed by atoms with Crippen molar-refractivity contribution in [1.29, 1.82) is 0 Å². The van der Waals surface area contributed by atoms with E-state index in [0.29, 0.717) is 24.3 Å². The average Bonchev–Trinajstić information content (AvgIpc) is 2.78. The zero-order valence-electron chi connectivity index (χ0n) is 17.4. The van der Waals surface area contributed by atoms with Crippen molar-refractivity contribution in [2.24, 2.45) is 0 Å². The third kappa shape index (κ3) is 5.78. The Balaban J connectivity index is 1.66. The molecule has 1 aliphatic rings. The monoisotopic (exact) mass is 471 g/mol. The van der Waals surface area contributed by atoms with Crippen molar-refractivity contribution in [1.82, 2.24) is 14.9 Å². The van der Waals surface area contributed by atoms with Crippen molar-refractivity contribution < 1.29 is 31.1 Å². The fourth-order valence-electron chi connectivity index (χ4n) is 3.32. The maximum absolute atomic E-state index is 13.0. The smallest absolute Gasteiger partial charge is 0.379 e. The van der Waals surface area contributed by atoms with Gasteiger partial charge in [0.1, 0.15) is 0 Å². The van der Waals surface area contributed by atoms with Crippen molar-refractivity contribution >= 4 is 16.1 Å². The van der Waals surface area contributed by atoms with Crippen LogP contribution in [-0.2, 0) is 27.5 Å². The van der Waals surface area contributed by atoms with Gasteiger partial charge in [0.2, 0.25) is 10.0 Å². The molecule has 0 spiro atoms. The topological polar surface area (TPSA) is 87.7 Å². The summed E-state index contributed by atoms with van der Waals surface area (Å²) in [4.78, 5) is 12.4. The van der Waals surface area contributed by atoms with Gasteiger partial charge in [-0.1, -0.05) is 30.3 Å². The predicted molar refractivity (Wildman–Crippen MR) is 111 cm³/mol. The number of nitrogens with zero attached hydrogens (tertiary/aromatic N) is 1. The molecule has 1 heterocycles. The molecule has 174 valence electrons. The van der Waals surface area contributed by atoms with Crippen LogP contribution in [0.15, 0.2) is 53.4 Å². The van der Waals surface area contributed by atoms with E-state index >= 15 is 0 Å². The second kappa shape index (κ2) is 9.88. The molecule has 2 aromatic rings. The Morgan fingerprint density at radius 2 is 1.81 bits per heavy atom. The molecule has 7 nitrogen and oxygen atoms in total. The molecule has 1 aliphatic heterocycles. The van der Waals surface area contributed by atoms with Gasteiger partial charge in [0.15, 0.2) is 0 Å². The molecule has 1 fully saturated rings. The van der Waals surface area contributed by atoms with Crippen LogP contribution in [0.1, 0.15) is 29.7 Å². The van der Waals surface area contributed by atoms with Crippen LogP contribution in [0, 0.1) is 0 Å². The van der Waals surface area contributed by atoms with Crippen LogP contribution in [0.4, 0.5) is 18.0 Å². The van der Waals surface area contributed by atoms with Crippen molar-refractivity contribution in [3.8, 4) is 0 Å². The first-order valence-electron chi connectivity index (χ1n) is 9.96. The van der Waals surface area contributed by atoms with E-state index in [4.69, 9.17) is 4.74 Å². The van der Waals surface area contributed by atoms with Crippen LogP contribution in [0.25, 0.3) is 0 Å². The number of ether oxygens (including phenoxy) is 1. The second-order valence-electron chi connectivity index (χ2n) is 7.30. The van der Waals surface area contributed by atoms with E-state index in [1.165, 1.54) is 22.5 Å². The zero-order chi connectivity index (χ0) is 23.4. The number of sulfonamides is 1. The van der Waals surface area contributed by atoms with Crippen molar-refractivity contribution in [3.63, 3.8) is 0 Å². The highest BCUT2D eigenvalue weighted by molar-refractivity contribution is 7.89. The molecule has 0 aromatic heterocycles. The largest absolute Gasteiger partial charge is 0.416 e. The molecule has 1 saturated heterocycles. The lowest BCUT2D eigenvalue weighted by Crippen LogP contribution is -2.41. The molecule has 2 amide bonds. The predicted octanol–water partition coefficient (Wildman–Crippen LogP) is 3.29. The summed E-state index contributed by atoms with van der Waals surface area (Å²) >= 11 is 0. The lowest BCUT2D eigenvalue weighted by Gasteiger charge is -2.27. The number of rotatable bonds is 6. The highest BCUT2D eigenvalue weighted by Gasteiger charge is 2.31. The SMILES string of the molecule is C[C@H](NC(=O)NCc1ccccc1S(=O)(=O)N1CCOCC1)c1cccc(C(F)(F)F)c1. The first-order valence-corrected chi connectivity index (χ1v) is 11.4. The number of hydrogen-bond acceptors (Lipinski definition) is 4. The minimum Gasteiger partial charge on any atom is -0.379 e. The third-order valence-electron chi connectivity index (χ3n) is 5.06. The van der Waals surface area contributed by atoms with E-state index in [1.54, 1.807) is 25.1 Å². The Morgan fingerprint density at radius 3 is 2.50 bits per heavy atom. The van der Waals surface area contributed by atoms with Crippen LogP contribution in [0.3, 0.4) is 0 Å². The molecule has 0 saturated carbocycles. The lowest BCUT2D eigenvalue weighted by atomic mass is 10.1. The van der Waals surface area contributed by atoms with E-state index in [-0.39, 0.29) is 24.5 Å². The van der Waals surface area contributed by atoms with Crippen molar-refractivity contribution in [2.45, 2.75) is 30.6 Å². The number of benzene rings is 2. The average molecular weight is 472 g/mol. The maximum Gasteiger partial charge on any atom is 0.416 e. The molecular formula is C21H24F3N3O4S. The number of carbonyl (C=O) groups is 1. The van der Waals surface area contributed by atoms with E-state index in [0.717, 1.165) is 12.1 Å². The number of hydrogen-bond donors (Lipinski definition) is 2. The summed E-state index contributed by atoms with van der Waals surface area (Å²) in [6, 6.07) is 9.74. The van der Waals surface area contributed by atoms with Gasteiger partial charge in [-0.2, -0.15) is 17.5 Å². The van der Waals surface area contributed by atoms with Gasteiger partial charge in [-0.3, -0.25) is 0 Å². The van der Waals surface area contributed by atoms with Crippen LogP contribution < -0.4 is 10.6 Å². The summed E-state index contributed by atoms with van der Waals surface area (Å²) in [5.74, 6) is 0. The van der Waals surface area contributed by atoms with Gasteiger partial charge in [-0.15, -0.1) is 0 Å². The minimum absolute atomic E-state index is 0.0686. The number of morpholine rings is 1. The molecule has 2 N–H and O–H groups in total. The van der Waals surface area contributed by atoms with Crippen LogP contribution in [0.5, 0.6) is 0 Å². The molecular weight excluding hydrogens is 447 g/mol. The zero-order valence-corrected chi connectivity index (χ0v) is 18.2. The number of nitrogens with one attached hydrogen (secondary N) is 2. The summed E-state index contributed by atoms with van der Waals surface area (Å²) in [6.07, 6.45) is -4.48. The Morgan fingerprint density at radius 1 is 1.12 bits per heavy atom. The highest BCUT2D eigenvalue weighted by Crippen LogP contribution is 2.30. The number of carbonyl (C=O) groups excluding carboxylic acids is 1. The fraction of sp³-hybridized carbons (Fsp3) is 0.381. The molecule has 0 bridgehead atoms. The highest BCUT2D eigenvalue weighted by atomic mass is 32.2. The normalized spacial score (nSPS) is 16.4. The van der Waals surface area contributed by atoms with E-state index < -0.39 is 33.8 Å². The number of urea groups is 1. The molecule has 0 unspecified atom stereocenters. The minimum atomic E-state index is -4.48. The number of amides is 2. The van der Waals surface area contributed by atoms with Gasteiger partial charge in [-0.05, 0) is 36.2 Å². The summed E-state index contributed by atoms with van der Waals surface area (Å²) in [5.41, 5.74) is -0.0996. The van der Waals surface area contributed by atoms with Gasteiger partial charge in [-0.25, -0.2) is 13.2 Å². The lowest BCUT2D eigenvalue weighted by molar-refractivity contribution is -0.137. The Hall–Kier alpha value is -2.63. The standard InChI is InChI=1S/C21H24F3N3O4S/c1-15(16-6-4-7-18(13-16)21(22,23)24)26-20(28)25-14-17-5-2-3-8-19(17)32(29,30)27-9-11-31-12-10-27/h2-8,13,15H,9-12,14H2,1H3,(H2,25,26,28)/t15-/m0/s1. The van der Waals surface area contributed by atoms with Gasteiger partial charge >= 0.3 is 12.2 Å². The molecule has 0 radical (unpaired) electrons. The van der Waals surface area contributed by atoms with Gasteiger partial charge < -0.3 is 15.4 Å². The van der Waals surface area contributed by atoms with Gasteiger partial charge in [0, 0.05) is 19.6 Å². The molecule has 11 heteroatoms. The summed E-state index contributed by atoms with van der Waals surface area (Å²) in [6.45, 7) is 2.62.